The van der Waals surface area contributed by atoms with Crippen LogP contribution in [0.3, 0.4) is 0 Å². The van der Waals surface area contributed by atoms with Crippen molar-refractivity contribution in [1.82, 2.24) is 0 Å². The van der Waals surface area contributed by atoms with Crippen LogP contribution in [-0.2, 0) is 0 Å². The van der Waals surface area contributed by atoms with Gasteiger partial charge in [-0.25, -0.2) is 0 Å². The van der Waals surface area contributed by atoms with E-state index in [1.807, 2.05) is 49.4 Å². The van der Waals surface area contributed by atoms with Gasteiger partial charge in [-0.2, -0.15) is 0 Å². The number of rotatable bonds is 5. The van der Waals surface area contributed by atoms with Crippen LogP contribution in [0, 0.1) is 6.92 Å². The van der Waals surface area contributed by atoms with Crippen LogP contribution < -0.4 is 13.2 Å². The molecular weight excluding hydrogens is 433 g/mol. The van der Waals surface area contributed by atoms with Gasteiger partial charge in [0.2, 0.25) is 0 Å². The molecule has 0 aliphatic heterocycles. The summed E-state index contributed by atoms with van der Waals surface area (Å²) in [7, 11) is 1.56. The molecule has 0 saturated carbocycles. The first-order valence-electron chi connectivity index (χ1n) is 9.67. The molecule has 0 aliphatic carbocycles. The Morgan fingerprint density at radius 2 is 0.966 bits per heavy atom. The quantitative estimate of drug-likeness (QED) is 0.412. The third-order valence-electron chi connectivity index (χ3n) is 5.07. The summed E-state index contributed by atoms with van der Waals surface area (Å²) in [5.41, 5.74) is 1.92. The molecule has 3 heteroatoms. The first-order valence-corrected chi connectivity index (χ1v) is 16.2. The standard InChI is InChI=1S/C26H22GeOS/c1-21-17-19-22(20-18-21)26(28)29-27(23-11-5-2-6-12-23,24-13-7-3-8-14-24)25-15-9-4-10-16-25/h2-20H,1H3. The molecule has 142 valence electrons. The van der Waals surface area contributed by atoms with E-state index in [4.69, 9.17) is 0 Å². The Hall–Kier alpha value is -2.56. The summed E-state index contributed by atoms with van der Waals surface area (Å²) < 4.78 is 3.82. The Morgan fingerprint density at radius 3 is 1.34 bits per heavy atom. The molecule has 0 radical (unpaired) electrons. The zero-order chi connectivity index (χ0) is 20.1. The SMILES string of the molecule is Cc1ccc(C(=O)[S][Ge]([c]2ccccc2)([c]2ccccc2)[c]2ccccc2)cc1. The monoisotopic (exact) mass is 456 g/mol. The third-order valence-corrected chi connectivity index (χ3v) is 19.8. The molecule has 0 N–H and O–H groups in total. The van der Waals surface area contributed by atoms with Gasteiger partial charge in [-0.1, -0.05) is 0 Å². The molecule has 0 aromatic heterocycles. The van der Waals surface area contributed by atoms with Gasteiger partial charge in [0.15, 0.2) is 0 Å². The number of hydrogen-bond acceptors (Lipinski definition) is 2. The Bertz CT molecular complexity index is 981. The van der Waals surface area contributed by atoms with Gasteiger partial charge in [-0.05, 0) is 0 Å². The first kappa shape index (κ1) is 19.7. The van der Waals surface area contributed by atoms with Gasteiger partial charge in [0.05, 0.1) is 0 Å². The summed E-state index contributed by atoms with van der Waals surface area (Å²) in [5, 5.41) is 0.140. The van der Waals surface area contributed by atoms with Crippen molar-refractivity contribution in [3.63, 3.8) is 0 Å². The first-order chi connectivity index (χ1) is 14.2. The minimum absolute atomic E-state index is 0.140. The van der Waals surface area contributed by atoms with Crippen LogP contribution in [0.15, 0.2) is 115 Å². The fraction of sp³-hybridized carbons (Fsp3) is 0.0385. The summed E-state index contributed by atoms with van der Waals surface area (Å²) in [6.07, 6.45) is 0. The summed E-state index contributed by atoms with van der Waals surface area (Å²) in [6, 6.07) is 39.7. The van der Waals surface area contributed by atoms with Crippen molar-refractivity contribution in [2.75, 3.05) is 0 Å². The van der Waals surface area contributed by atoms with Gasteiger partial charge >= 0.3 is 179 Å². The fourth-order valence-corrected chi connectivity index (χ4v) is 17.6. The van der Waals surface area contributed by atoms with Crippen molar-refractivity contribution in [2.45, 2.75) is 6.92 Å². The molecule has 4 aromatic rings. The molecule has 0 spiro atoms. The number of carbonyl (C=O) groups excluding carboxylic acids is 1. The molecule has 4 rings (SSSR count). The number of aryl methyl sites for hydroxylation is 1. The van der Waals surface area contributed by atoms with E-state index in [1.54, 1.807) is 10.1 Å². The van der Waals surface area contributed by atoms with Crippen LogP contribution in [0.5, 0.6) is 0 Å². The van der Waals surface area contributed by atoms with E-state index >= 15 is 0 Å². The fourth-order valence-electron chi connectivity index (χ4n) is 3.58. The molecule has 0 aliphatic rings. The van der Waals surface area contributed by atoms with Crippen LogP contribution in [0.2, 0.25) is 0 Å². The summed E-state index contributed by atoms with van der Waals surface area (Å²) in [4.78, 5) is 13.5. The summed E-state index contributed by atoms with van der Waals surface area (Å²) in [5.74, 6) is 0. The minimum atomic E-state index is -3.31. The van der Waals surface area contributed by atoms with Crippen LogP contribution >= 0.6 is 10.1 Å². The van der Waals surface area contributed by atoms with E-state index in [-0.39, 0.29) is 5.12 Å². The van der Waals surface area contributed by atoms with Crippen molar-refractivity contribution in [3.05, 3.63) is 126 Å². The maximum atomic E-state index is 13.5. The average Bonchev–Trinajstić information content (AvgIpc) is 2.79. The second kappa shape index (κ2) is 8.85. The number of hydrogen-bond donors (Lipinski definition) is 0. The zero-order valence-corrected chi connectivity index (χ0v) is 19.2. The van der Waals surface area contributed by atoms with Gasteiger partial charge in [0.1, 0.15) is 0 Å². The maximum absolute atomic E-state index is 13.5. The molecule has 0 saturated heterocycles. The predicted octanol–water partition coefficient (Wildman–Crippen LogP) is 4.54. The molecule has 0 amide bonds. The summed E-state index contributed by atoms with van der Waals surface area (Å²) in [6.45, 7) is 2.04. The molecule has 0 heterocycles. The van der Waals surface area contributed by atoms with Crippen molar-refractivity contribution in [2.24, 2.45) is 0 Å². The van der Waals surface area contributed by atoms with Gasteiger partial charge < -0.3 is 0 Å². The van der Waals surface area contributed by atoms with Crippen molar-refractivity contribution in [1.29, 1.82) is 0 Å². The van der Waals surface area contributed by atoms with E-state index in [2.05, 4.69) is 72.8 Å². The second-order valence-electron chi connectivity index (χ2n) is 7.03. The van der Waals surface area contributed by atoms with Gasteiger partial charge in [0, 0.05) is 0 Å². The van der Waals surface area contributed by atoms with Crippen LogP contribution in [0.25, 0.3) is 0 Å². The van der Waals surface area contributed by atoms with Gasteiger partial charge in [0.25, 0.3) is 0 Å². The second-order valence-corrected chi connectivity index (χ2v) is 18.6. The van der Waals surface area contributed by atoms with E-state index in [0.717, 1.165) is 11.1 Å². The molecule has 4 aromatic carbocycles. The Labute approximate surface area is 178 Å². The molecule has 0 fully saturated rings. The van der Waals surface area contributed by atoms with Gasteiger partial charge in [-0.3, -0.25) is 0 Å². The van der Waals surface area contributed by atoms with Crippen molar-refractivity contribution >= 4 is 40.5 Å². The normalized spacial score (nSPS) is 11.2. The molecule has 0 unspecified atom stereocenters. The molecule has 29 heavy (non-hydrogen) atoms. The van der Waals surface area contributed by atoms with E-state index in [1.165, 1.54) is 13.2 Å². The van der Waals surface area contributed by atoms with Gasteiger partial charge in [-0.15, -0.1) is 0 Å². The predicted molar refractivity (Wildman–Crippen MR) is 127 cm³/mol. The Morgan fingerprint density at radius 1 is 0.586 bits per heavy atom. The molecular formula is C26H22GeOS. The van der Waals surface area contributed by atoms with Crippen molar-refractivity contribution in [3.8, 4) is 0 Å². The van der Waals surface area contributed by atoms with Crippen molar-refractivity contribution < 1.29 is 4.79 Å². The average molecular weight is 455 g/mol. The number of benzene rings is 4. The Balaban J connectivity index is 1.92. The topological polar surface area (TPSA) is 17.1 Å². The molecule has 0 bridgehead atoms. The van der Waals surface area contributed by atoms with Crippen LogP contribution in [0.1, 0.15) is 15.9 Å². The van der Waals surface area contributed by atoms with Crippen LogP contribution in [0.4, 0.5) is 0 Å². The van der Waals surface area contributed by atoms with E-state index < -0.39 is 12.1 Å². The number of carbonyl (C=O) groups is 1. The third kappa shape index (κ3) is 4.09. The Kier molecular flexibility index (Phi) is 6.03. The summed E-state index contributed by atoms with van der Waals surface area (Å²) >= 11 is -3.31. The zero-order valence-electron chi connectivity index (χ0n) is 16.3. The van der Waals surface area contributed by atoms with E-state index in [0.29, 0.717) is 0 Å². The molecule has 1 nitrogen and oxygen atoms in total. The van der Waals surface area contributed by atoms with E-state index in [9.17, 15) is 4.79 Å². The molecule has 0 atom stereocenters. The van der Waals surface area contributed by atoms with Crippen LogP contribution in [-0.4, -0.2) is 17.2 Å².